The average Bonchev–Trinajstić information content (AvgIpc) is 3.97. The van der Waals surface area contributed by atoms with Gasteiger partial charge in [0, 0.05) is 43.4 Å². The molecule has 0 radical (unpaired) electrons. The van der Waals surface area contributed by atoms with Gasteiger partial charge < -0.3 is 14.1 Å². The van der Waals surface area contributed by atoms with E-state index in [0.717, 1.165) is 54.7 Å². The van der Waals surface area contributed by atoms with E-state index >= 15 is 0 Å². The fourth-order valence-electron chi connectivity index (χ4n) is 12.8. The van der Waals surface area contributed by atoms with Crippen molar-refractivity contribution in [1.82, 2.24) is 0 Å². The number of nitrogens with zero attached hydrogens (tertiary/aromatic N) is 2. The molecular formula is C67H57BN2OS. The molecule has 0 N–H and O–H groups in total. The van der Waals surface area contributed by atoms with E-state index in [0.29, 0.717) is 0 Å². The molecule has 0 saturated heterocycles. The number of unbranched alkanes of at least 4 members (excludes halogenated alkanes) is 1. The zero-order valence-corrected chi connectivity index (χ0v) is 42.9. The lowest BCUT2D eigenvalue weighted by Crippen LogP contribution is -2.61. The summed E-state index contributed by atoms with van der Waals surface area (Å²) in [5, 5.41) is 6.30. The van der Waals surface area contributed by atoms with E-state index in [2.05, 4.69) is 227 Å². The van der Waals surface area contributed by atoms with E-state index in [9.17, 15) is 0 Å². The van der Waals surface area contributed by atoms with E-state index in [1.54, 1.807) is 0 Å². The Morgan fingerprint density at radius 2 is 1.25 bits per heavy atom. The number of hydrogen-bond donors (Lipinski definition) is 0. The Hall–Kier alpha value is -7.34. The van der Waals surface area contributed by atoms with E-state index < -0.39 is 0 Å². The summed E-state index contributed by atoms with van der Waals surface area (Å²) >= 11 is 1.93. The summed E-state index contributed by atoms with van der Waals surface area (Å²) in [6.07, 6.45) is 5.63. The SMILES string of the molecule is CCCCc1ccc(N2c3cc(C)cc4c3B(c3oc5cc6c(cc5c32)C(C)(C)CCC6(C)C)N(c2ccc(-c3ccccc3)cc2)c2c-4ccc3c2sc2cc4ccccc4cc23)c(-c2ccccc2)c1. The minimum Gasteiger partial charge on any atom is -0.466 e. The van der Waals surface area contributed by atoms with E-state index in [-0.39, 0.29) is 17.7 Å². The molecule has 2 aliphatic heterocycles. The average molecular weight is 949 g/mol. The Morgan fingerprint density at radius 3 is 1.99 bits per heavy atom. The molecule has 0 saturated carbocycles. The largest absolute Gasteiger partial charge is 0.466 e. The number of aryl methyl sites for hydroxylation is 2. The second-order valence-electron chi connectivity index (χ2n) is 22.2. The van der Waals surface area contributed by atoms with Gasteiger partial charge in [0.15, 0.2) is 0 Å². The molecule has 0 bridgehead atoms. The molecule has 3 nitrogen and oxygen atoms in total. The van der Waals surface area contributed by atoms with Gasteiger partial charge in [0.1, 0.15) is 11.2 Å². The Balaban J connectivity index is 1.12. The van der Waals surface area contributed by atoms with Crippen LogP contribution in [0.5, 0.6) is 0 Å². The summed E-state index contributed by atoms with van der Waals surface area (Å²) in [4.78, 5) is 5.29. The molecule has 4 heterocycles. The number of anilines is 5. The van der Waals surface area contributed by atoms with Crippen LogP contribution in [-0.2, 0) is 17.3 Å². The lowest BCUT2D eigenvalue weighted by atomic mass is 9.45. The van der Waals surface area contributed by atoms with Crippen molar-refractivity contribution in [2.24, 2.45) is 0 Å². The lowest BCUT2D eigenvalue weighted by Gasteiger charge is -2.44. The van der Waals surface area contributed by atoms with Gasteiger partial charge in [0.05, 0.1) is 21.8 Å². The van der Waals surface area contributed by atoms with Crippen LogP contribution in [0.3, 0.4) is 0 Å². The van der Waals surface area contributed by atoms with Crippen LogP contribution in [0.15, 0.2) is 180 Å². The van der Waals surface area contributed by atoms with Crippen molar-refractivity contribution < 1.29 is 4.42 Å². The Bertz CT molecular complexity index is 3990. The normalized spacial score (nSPS) is 15.3. The van der Waals surface area contributed by atoms with Crippen LogP contribution in [0.25, 0.3) is 75.3 Å². The third-order valence-electron chi connectivity index (χ3n) is 16.7. The fraction of sp³-hybridized carbons (Fsp3) is 0.194. The van der Waals surface area contributed by atoms with Crippen molar-refractivity contribution in [1.29, 1.82) is 0 Å². The summed E-state index contributed by atoms with van der Waals surface area (Å²) in [7, 11) is 0. The molecule has 0 atom stereocenters. The smallest absolute Gasteiger partial charge is 0.375 e. The minimum atomic E-state index is -0.277. The van der Waals surface area contributed by atoms with Gasteiger partial charge in [0.25, 0.3) is 0 Å². The number of thiophene rings is 1. The van der Waals surface area contributed by atoms with Crippen LogP contribution in [-0.4, -0.2) is 6.85 Å². The van der Waals surface area contributed by atoms with Gasteiger partial charge in [-0.3, -0.25) is 0 Å². The number of benzene rings is 9. The topological polar surface area (TPSA) is 19.6 Å². The molecule has 0 spiro atoms. The van der Waals surface area contributed by atoms with Crippen molar-refractivity contribution >= 4 is 99.7 Å². The molecule has 72 heavy (non-hydrogen) atoms. The maximum Gasteiger partial charge on any atom is 0.375 e. The molecule has 0 amide bonds. The van der Waals surface area contributed by atoms with Gasteiger partial charge in [-0.05, 0) is 159 Å². The Kier molecular flexibility index (Phi) is 9.71. The number of hydrogen-bond acceptors (Lipinski definition) is 4. The standard InChI is InChI=1S/C67H57BN2OS/c1-7-8-17-42-24-31-57(51(36-42)45-20-13-10-14-21-45)69-58-35-41(2)34-53-49-29-30-50-52-37-46-22-15-16-23-47(46)38-60(52)72-64(50)62(49)70(48-27-25-44(26-28-48)43-18-11-9-12-19-43)68(61(53)58)65-63(69)54-39-55-56(40-59(54)71-65)67(5,6)33-32-66(55,3)4/h9-16,18-31,34-40H,7-8,17,32-33H2,1-6H3. The summed E-state index contributed by atoms with van der Waals surface area (Å²) in [6.45, 7) is 14.1. The van der Waals surface area contributed by atoms with Crippen molar-refractivity contribution in [3.8, 4) is 33.4 Å². The number of fused-ring (bicyclic) bond motifs is 12. The second kappa shape index (κ2) is 16.1. The first-order valence-electron chi connectivity index (χ1n) is 26.1. The predicted octanol–water partition coefficient (Wildman–Crippen LogP) is 18.0. The monoisotopic (exact) mass is 948 g/mol. The first-order chi connectivity index (χ1) is 35.0. The fourth-order valence-corrected chi connectivity index (χ4v) is 14.1. The van der Waals surface area contributed by atoms with Crippen LogP contribution in [0.4, 0.5) is 28.4 Å². The molecule has 0 fully saturated rings. The van der Waals surface area contributed by atoms with E-state index in [4.69, 9.17) is 4.42 Å². The van der Waals surface area contributed by atoms with Crippen LogP contribution in [0.1, 0.15) is 82.6 Å². The predicted molar refractivity (Wildman–Crippen MR) is 310 cm³/mol. The molecule has 2 aromatic heterocycles. The third-order valence-corrected chi connectivity index (χ3v) is 17.9. The van der Waals surface area contributed by atoms with Crippen molar-refractivity contribution in [3.05, 3.63) is 198 Å². The number of furan rings is 1. The first kappa shape index (κ1) is 43.5. The molecular weight excluding hydrogens is 892 g/mol. The highest BCUT2D eigenvalue weighted by atomic mass is 32.1. The van der Waals surface area contributed by atoms with Gasteiger partial charge in [0.2, 0.25) is 0 Å². The van der Waals surface area contributed by atoms with Gasteiger partial charge >= 0.3 is 6.85 Å². The molecule has 0 unspecified atom stereocenters. The van der Waals surface area contributed by atoms with Gasteiger partial charge in [-0.15, -0.1) is 11.3 Å². The molecule has 350 valence electrons. The molecule has 9 aromatic carbocycles. The molecule has 14 rings (SSSR count). The summed E-state index contributed by atoms with van der Waals surface area (Å²) < 4.78 is 10.4. The molecule has 1 aliphatic carbocycles. The summed E-state index contributed by atoms with van der Waals surface area (Å²) in [6, 6.07) is 66.8. The first-order valence-corrected chi connectivity index (χ1v) is 26.9. The molecule has 11 aromatic rings. The van der Waals surface area contributed by atoms with E-state index in [1.807, 2.05) is 11.3 Å². The van der Waals surface area contributed by atoms with Crippen molar-refractivity contribution in [2.45, 2.75) is 84.5 Å². The Labute approximate surface area is 427 Å². The summed E-state index contributed by atoms with van der Waals surface area (Å²) in [5.74, 6) is 0. The lowest BCUT2D eigenvalue weighted by molar-refractivity contribution is 0.332. The second-order valence-corrected chi connectivity index (χ2v) is 23.3. The zero-order valence-electron chi connectivity index (χ0n) is 42.1. The zero-order chi connectivity index (χ0) is 48.6. The van der Waals surface area contributed by atoms with Gasteiger partial charge in [-0.25, -0.2) is 0 Å². The highest BCUT2D eigenvalue weighted by Gasteiger charge is 2.50. The van der Waals surface area contributed by atoms with Crippen LogP contribution in [0, 0.1) is 6.92 Å². The maximum atomic E-state index is 7.77. The quantitative estimate of drug-likeness (QED) is 0.148. The van der Waals surface area contributed by atoms with Gasteiger partial charge in [-0.1, -0.05) is 162 Å². The third kappa shape index (κ3) is 6.55. The molecule has 5 heteroatoms. The van der Waals surface area contributed by atoms with Crippen LogP contribution < -0.4 is 20.8 Å². The number of rotatable bonds is 7. The van der Waals surface area contributed by atoms with Crippen molar-refractivity contribution in [2.75, 3.05) is 9.71 Å². The van der Waals surface area contributed by atoms with Crippen molar-refractivity contribution in [3.63, 3.8) is 0 Å². The van der Waals surface area contributed by atoms with Gasteiger partial charge in [-0.2, -0.15) is 0 Å². The highest BCUT2D eigenvalue weighted by molar-refractivity contribution is 7.26. The molecule has 3 aliphatic rings. The van der Waals surface area contributed by atoms with E-state index in [1.165, 1.54) is 114 Å². The van der Waals surface area contributed by atoms with Crippen LogP contribution in [0.2, 0.25) is 0 Å². The highest BCUT2D eigenvalue weighted by Crippen LogP contribution is 2.56. The maximum absolute atomic E-state index is 7.77. The Morgan fingerprint density at radius 1 is 0.569 bits per heavy atom. The minimum absolute atomic E-state index is 0.00832. The summed E-state index contributed by atoms with van der Waals surface area (Å²) in [5.41, 5.74) is 22.0. The van der Waals surface area contributed by atoms with Crippen LogP contribution >= 0.6 is 11.3 Å².